The van der Waals surface area contributed by atoms with Gasteiger partial charge in [-0.1, -0.05) is 72.9 Å². The van der Waals surface area contributed by atoms with Crippen LogP contribution in [0.4, 0.5) is 0 Å². The molecule has 0 heterocycles. The summed E-state index contributed by atoms with van der Waals surface area (Å²) >= 11 is 5.56. The molecule has 76 valence electrons. The zero-order valence-electron chi connectivity index (χ0n) is 8.68. The van der Waals surface area contributed by atoms with Gasteiger partial charge >= 0.3 is 0 Å². The van der Waals surface area contributed by atoms with Crippen LogP contribution >= 0.6 is 12.2 Å². The molecule has 1 heteroatoms. The number of hydrogen-bond acceptors (Lipinski definition) is 1. The van der Waals surface area contributed by atoms with Crippen LogP contribution in [0.2, 0.25) is 0 Å². The van der Waals surface area contributed by atoms with Gasteiger partial charge in [-0.05, 0) is 10.8 Å². The summed E-state index contributed by atoms with van der Waals surface area (Å²) in [6, 6.07) is 20.8. The first-order valence-corrected chi connectivity index (χ1v) is 5.68. The molecule has 16 heavy (non-hydrogen) atoms. The monoisotopic (exact) mass is 222 g/mol. The molecule has 0 nitrogen and oxygen atoms in total. The van der Waals surface area contributed by atoms with Gasteiger partial charge in [-0.15, -0.1) is 0 Å². The lowest BCUT2D eigenvalue weighted by Crippen LogP contribution is -1.68. The average Bonchev–Trinajstić information content (AvgIpc) is 2.49. The molecule has 0 saturated carbocycles. The molecule has 3 aromatic carbocycles. The van der Waals surface area contributed by atoms with Crippen LogP contribution in [0.15, 0.2) is 60.7 Å². The van der Waals surface area contributed by atoms with Crippen LogP contribution in [0.25, 0.3) is 21.5 Å². The summed E-state index contributed by atoms with van der Waals surface area (Å²) in [7, 11) is 0. The summed E-state index contributed by atoms with van der Waals surface area (Å²) in [4.78, 5) is 0. The van der Waals surface area contributed by atoms with Crippen molar-refractivity contribution in [2.45, 2.75) is 0 Å². The van der Waals surface area contributed by atoms with E-state index in [1.54, 1.807) is 0 Å². The van der Waals surface area contributed by atoms with Crippen LogP contribution in [0.3, 0.4) is 0 Å². The number of hydrogen-bond donors (Lipinski definition) is 0. The predicted molar refractivity (Wildman–Crippen MR) is 72.3 cm³/mol. The maximum Gasteiger partial charge on any atom is 0.0533 e. The van der Waals surface area contributed by atoms with Crippen molar-refractivity contribution in [2.75, 3.05) is 0 Å². The Morgan fingerprint density at radius 1 is 0.562 bits per heavy atom. The van der Waals surface area contributed by atoms with Crippen LogP contribution in [-0.2, 0) is 0 Å². The summed E-state index contributed by atoms with van der Waals surface area (Å²) in [5, 5.41) is 4.70. The van der Waals surface area contributed by atoms with E-state index in [2.05, 4.69) is 36.4 Å². The highest BCUT2D eigenvalue weighted by atomic mass is 32.1. The molecule has 0 N–H and O–H groups in total. The molecule has 0 saturated heterocycles. The number of rotatable bonds is 0. The van der Waals surface area contributed by atoms with Crippen LogP contribution in [0, 0.1) is 4.51 Å². The van der Waals surface area contributed by atoms with Gasteiger partial charge in [-0.2, -0.15) is 0 Å². The van der Waals surface area contributed by atoms with Crippen molar-refractivity contribution in [3.8, 4) is 0 Å². The van der Waals surface area contributed by atoms with E-state index >= 15 is 0 Å². The van der Waals surface area contributed by atoms with Gasteiger partial charge < -0.3 is 0 Å². The van der Waals surface area contributed by atoms with Crippen molar-refractivity contribution in [1.29, 1.82) is 0 Å². The van der Waals surface area contributed by atoms with Gasteiger partial charge in [0.25, 0.3) is 0 Å². The molecular weight excluding hydrogens is 212 g/mol. The van der Waals surface area contributed by atoms with Gasteiger partial charge in [0.05, 0.1) is 4.51 Å². The lowest BCUT2D eigenvalue weighted by Gasteiger charge is -1.92. The summed E-state index contributed by atoms with van der Waals surface area (Å²) in [6.45, 7) is 0. The van der Waals surface area contributed by atoms with Crippen molar-refractivity contribution in [3.63, 3.8) is 0 Å². The number of benzene rings is 2. The molecule has 0 aromatic heterocycles. The van der Waals surface area contributed by atoms with Crippen LogP contribution in [0.5, 0.6) is 0 Å². The fraction of sp³-hybridized carbons (Fsp3) is 0. The molecular formula is C15H10S. The maximum atomic E-state index is 5.56. The Labute approximate surface area is 99.2 Å². The minimum absolute atomic E-state index is 0.941. The quantitative estimate of drug-likeness (QED) is 0.496. The Bertz CT molecular complexity index is 668. The SMILES string of the molecule is S=c1c2ccccc2ccc2ccccc12. The van der Waals surface area contributed by atoms with Crippen molar-refractivity contribution in [3.05, 3.63) is 65.2 Å². The first kappa shape index (κ1) is 9.49. The molecule has 0 bridgehead atoms. The van der Waals surface area contributed by atoms with Crippen LogP contribution in [0.1, 0.15) is 0 Å². The summed E-state index contributed by atoms with van der Waals surface area (Å²) < 4.78 is 0.941. The Kier molecular flexibility index (Phi) is 2.19. The number of fused-ring (bicyclic) bond motifs is 2. The van der Waals surface area contributed by atoms with E-state index in [1.807, 2.05) is 24.3 Å². The normalized spacial score (nSPS) is 10.8. The molecule has 0 spiro atoms. The smallest absolute Gasteiger partial charge is 0.0533 e. The maximum absolute atomic E-state index is 5.56. The van der Waals surface area contributed by atoms with Gasteiger partial charge in [0, 0.05) is 10.8 Å². The molecule has 0 fully saturated rings. The average molecular weight is 222 g/mol. The topological polar surface area (TPSA) is 0 Å². The lowest BCUT2D eigenvalue weighted by atomic mass is 10.1. The highest BCUT2D eigenvalue weighted by molar-refractivity contribution is 7.72. The third-order valence-corrected chi connectivity index (χ3v) is 3.29. The molecule has 3 rings (SSSR count). The highest BCUT2D eigenvalue weighted by Crippen LogP contribution is 2.21. The van der Waals surface area contributed by atoms with Gasteiger partial charge in [-0.3, -0.25) is 0 Å². The fourth-order valence-corrected chi connectivity index (χ4v) is 2.39. The Morgan fingerprint density at radius 3 is 1.50 bits per heavy atom. The highest BCUT2D eigenvalue weighted by Gasteiger charge is 1.97. The zero-order valence-corrected chi connectivity index (χ0v) is 9.50. The lowest BCUT2D eigenvalue weighted by molar-refractivity contribution is 1.80. The van der Waals surface area contributed by atoms with E-state index in [0.717, 1.165) is 15.3 Å². The van der Waals surface area contributed by atoms with E-state index in [9.17, 15) is 0 Å². The first-order valence-electron chi connectivity index (χ1n) is 5.27. The van der Waals surface area contributed by atoms with Crippen molar-refractivity contribution in [1.82, 2.24) is 0 Å². The molecule has 0 atom stereocenters. The third-order valence-electron chi connectivity index (χ3n) is 2.85. The zero-order chi connectivity index (χ0) is 11.0. The Balaban J connectivity index is 2.69. The van der Waals surface area contributed by atoms with Gasteiger partial charge in [0.15, 0.2) is 0 Å². The van der Waals surface area contributed by atoms with Gasteiger partial charge in [0.1, 0.15) is 0 Å². The third kappa shape index (κ3) is 1.41. The second kappa shape index (κ2) is 3.69. The second-order valence-electron chi connectivity index (χ2n) is 3.84. The molecule has 0 unspecified atom stereocenters. The standard InChI is InChI=1S/C15H10S/c16-15-13-7-3-1-5-11(13)9-10-12-6-2-4-8-14(12)15/h1-10H. The van der Waals surface area contributed by atoms with Crippen molar-refractivity contribution >= 4 is 33.8 Å². The van der Waals surface area contributed by atoms with Crippen LogP contribution < -0.4 is 0 Å². The molecule has 0 aliphatic carbocycles. The second-order valence-corrected chi connectivity index (χ2v) is 4.25. The summed E-state index contributed by atoms with van der Waals surface area (Å²) in [5.74, 6) is 0. The molecule has 0 aliphatic heterocycles. The van der Waals surface area contributed by atoms with Crippen molar-refractivity contribution < 1.29 is 0 Å². The van der Waals surface area contributed by atoms with Crippen LogP contribution in [-0.4, -0.2) is 0 Å². The minimum Gasteiger partial charge on any atom is -0.0787 e. The van der Waals surface area contributed by atoms with E-state index in [-0.39, 0.29) is 0 Å². The molecule has 0 aliphatic rings. The van der Waals surface area contributed by atoms with Gasteiger partial charge in [0.2, 0.25) is 0 Å². The van der Waals surface area contributed by atoms with E-state index in [0.29, 0.717) is 0 Å². The van der Waals surface area contributed by atoms with E-state index in [4.69, 9.17) is 12.2 Å². The van der Waals surface area contributed by atoms with Gasteiger partial charge in [-0.25, -0.2) is 0 Å². The minimum atomic E-state index is 0.941. The first-order chi connectivity index (χ1) is 7.86. The summed E-state index contributed by atoms with van der Waals surface area (Å²) in [5.41, 5.74) is 0. The van der Waals surface area contributed by atoms with Crippen molar-refractivity contribution in [2.24, 2.45) is 0 Å². The van der Waals surface area contributed by atoms with E-state index < -0.39 is 0 Å². The predicted octanol–water partition coefficient (Wildman–Crippen LogP) is 4.72. The Morgan fingerprint density at radius 2 is 1.00 bits per heavy atom. The molecule has 3 aromatic rings. The van der Waals surface area contributed by atoms with E-state index in [1.165, 1.54) is 10.8 Å². The fourth-order valence-electron chi connectivity index (χ4n) is 2.02. The summed E-state index contributed by atoms with van der Waals surface area (Å²) in [6.07, 6.45) is 0. The molecule has 0 amide bonds. The Hall–Kier alpha value is -1.73. The molecule has 0 radical (unpaired) electrons. The largest absolute Gasteiger partial charge is 0.0787 e.